The molecule has 6 heterocycles. The van der Waals surface area contributed by atoms with E-state index in [0.29, 0.717) is 11.5 Å². The van der Waals surface area contributed by atoms with Gasteiger partial charge in [-0.3, -0.25) is 4.98 Å². The fourth-order valence-electron chi connectivity index (χ4n) is 5.87. The Balaban J connectivity index is 0.000000233. The molecule has 0 N–H and O–H groups in total. The Kier molecular flexibility index (Phi) is 19.1. The predicted octanol–water partition coefficient (Wildman–Crippen LogP) is 0.968. The van der Waals surface area contributed by atoms with Gasteiger partial charge >= 0.3 is 19.5 Å². The second kappa shape index (κ2) is 24.2. The van der Waals surface area contributed by atoms with Crippen LogP contribution in [0, 0.1) is 43.1 Å². The minimum Gasteiger partial charge on any atom is -0.254 e. The summed E-state index contributed by atoms with van der Waals surface area (Å²) < 4.78 is 67.9. The van der Waals surface area contributed by atoms with Crippen molar-refractivity contribution in [2.75, 3.05) is 0 Å². The van der Waals surface area contributed by atoms with E-state index in [0.717, 1.165) is 75.8 Å². The monoisotopic (exact) mass is 1040 g/mol. The van der Waals surface area contributed by atoms with Crippen LogP contribution in [0.4, 0.5) is 0 Å². The predicted molar refractivity (Wildman–Crippen MR) is 217 cm³/mol. The third-order valence-corrected chi connectivity index (χ3v) is 9.65. The molecular weight excluding hydrogens is 1010 g/mol. The largest absolute Gasteiger partial charge is 2.00 e. The second-order valence-electron chi connectivity index (χ2n) is 12.1. The van der Waals surface area contributed by atoms with Crippen molar-refractivity contribution in [3.63, 3.8) is 0 Å². The summed E-state index contributed by atoms with van der Waals surface area (Å²) in [6.45, 7) is 2.86. The van der Waals surface area contributed by atoms with E-state index in [1.807, 2.05) is 71.4 Å². The number of thiazole rings is 2. The first kappa shape index (κ1) is 51.4. The molecule has 0 radical (unpaired) electrons. The van der Waals surface area contributed by atoms with Gasteiger partial charge in [0.1, 0.15) is 26.7 Å². The van der Waals surface area contributed by atoms with Crippen molar-refractivity contribution in [1.82, 2.24) is 40.1 Å². The quantitative estimate of drug-likeness (QED) is 0.176. The maximum Gasteiger partial charge on any atom is 2.00 e. The molecule has 6 aromatic heterocycles. The zero-order chi connectivity index (χ0) is 46.3. The fraction of sp³-hybridized carbons (Fsp3) is 0.0476. The molecule has 10 aromatic rings. The van der Waals surface area contributed by atoms with Crippen molar-refractivity contribution < 1.29 is 77.2 Å². The van der Waals surface area contributed by atoms with E-state index < -0.39 is 20.5 Å². The van der Waals surface area contributed by atoms with Crippen LogP contribution in [0.1, 0.15) is 13.8 Å². The van der Waals surface area contributed by atoms with Crippen molar-refractivity contribution in [1.29, 1.82) is 10.5 Å². The molecule has 0 spiro atoms. The number of hydrogen-bond donors (Lipinski definition) is 0. The van der Waals surface area contributed by atoms with Gasteiger partial charge in [-0.05, 0) is 35.0 Å². The number of pyridine rings is 3. The van der Waals surface area contributed by atoms with Gasteiger partial charge in [0.25, 0.3) is 0 Å². The molecule has 0 fully saturated rings. The smallest absolute Gasteiger partial charge is 0.254 e. The van der Waals surface area contributed by atoms with Crippen LogP contribution in [0.3, 0.4) is 0 Å². The van der Waals surface area contributed by atoms with Crippen LogP contribution in [0.15, 0.2) is 132 Å². The van der Waals surface area contributed by atoms with Crippen LogP contribution in [0.2, 0.25) is 0 Å². The van der Waals surface area contributed by atoms with Crippen molar-refractivity contribution in [3.8, 4) is 45.1 Å². The average Bonchev–Trinajstić information content (AvgIpc) is 4.03. The molecule has 18 nitrogen and oxygen atoms in total. The van der Waals surface area contributed by atoms with Gasteiger partial charge in [0.05, 0.1) is 34.6 Å². The van der Waals surface area contributed by atoms with Crippen LogP contribution in [-0.4, -0.2) is 40.1 Å². The van der Waals surface area contributed by atoms with Crippen LogP contribution < -0.4 is 37.3 Å². The molecule has 10 rings (SSSR count). The van der Waals surface area contributed by atoms with Gasteiger partial charge in [-0.1, -0.05) is 78.9 Å². The van der Waals surface area contributed by atoms with E-state index in [1.54, 1.807) is 53.4 Å². The Morgan fingerprint density at radius 2 is 0.908 bits per heavy atom. The van der Waals surface area contributed by atoms with Crippen LogP contribution >= 0.6 is 22.7 Å². The van der Waals surface area contributed by atoms with E-state index in [9.17, 15) is 0 Å². The fourth-order valence-corrected chi connectivity index (χ4v) is 7.09. The number of rotatable bonds is 3. The molecule has 328 valence electrons. The van der Waals surface area contributed by atoms with Crippen molar-refractivity contribution in [2.24, 2.45) is 0 Å². The van der Waals surface area contributed by atoms with E-state index >= 15 is 0 Å². The zero-order valence-corrected chi connectivity index (χ0v) is 38.2. The molecule has 0 aliphatic rings. The average molecular weight is 1040 g/mol. The maximum atomic E-state index is 8.49. The maximum absolute atomic E-state index is 8.49. The first-order valence-electron chi connectivity index (χ1n) is 17.8. The number of hydrogen-bond acceptors (Lipinski definition) is 20. The summed E-state index contributed by atoms with van der Waals surface area (Å²) in [7, 11) is -9.89. The molecule has 23 heteroatoms. The van der Waals surface area contributed by atoms with Crippen molar-refractivity contribution in [2.45, 2.75) is 13.8 Å². The summed E-state index contributed by atoms with van der Waals surface area (Å²) in [6.07, 6.45) is 5.37. The molecule has 0 aliphatic carbocycles. The summed E-state index contributed by atoms with van der Waals surface area (Å²) >= 11 is 3.18. The molecule has 0 saturated heterocycles. The summed E-state index contributed by atoms with van der Waals surface area (Å²) in [5.74, 6) is 0.507. The van der Waals surface area contributed by atoms with E-state index in [2.05, 4.69) is 72.6 Å². The van der Waals surface area contributed by atoms with Crippen molar-refractivity contribution in [3.05, 3.63) is 132 Å². The van der Waals surface area contributed by atoms with Gasteiger partial charge in [-0.15, -0.1) is 53.4 Å². The molecule has 0 aliphatic heterocycles. The molecule has 0 amide bonds. The molecule has 0 bridgehead atoms. The third-order valence-electron chi connectivity index (χ3n) is 8.05. The Labute approximate surface area is 394 Å². The Morgan fingerprint density at radius 1 is 0.446 bits per heavy atom. The minimum absolute atomic E-state index is 0. The Bertz CT molecular complexity index is 3090. The third kappa shape index (κ3) is 14.9. The van der Waals surface area contributed by atoms with Gasteiger partial charge < -0.3 is 0 Å². The number of halogens is 2. The van der Waals surface area contributed by atoms with Crippen LogP contribution in [0.25, 0.3) is 87.3 Å². The summed E-state index contributed by atoms with van der Waals surface area (Å²) in [5, 5.41) is 36.0. The molecule has 4 aromatic carbocycles. The second-order valence-corrected chi connectivity index (χ2v) is 15.4. The SMILES string of the molecule is CC#N.CC#N.[O-][Cl+3]([O-])([O-])[O-].[O-][Cl+3]([O-])([O-])[O-].[Ru+2].c1cc(-c2nccs2)nc(-c2nccs2)c1.c1cnc2c(c1)ccc1ccc(-c3nnc4c5ccccc5c5ccccc5c4n3)nc12. The summed E-state index contributed by atoms with van der Waals surface area (Å²) in [5.41, 5.74) is 5.84. The van der Waals surface area contributed by atoms with Crippen LogP contribution in [-0.2, 0) is 19.5 Å². The standard InChI is InChI=1S/C27H15N5.C11H7N3S2.2C2H3N.2ClHO4.Ru/c1-3-9-20-18(7-1)19-8-2-4-10-21(19)26-25(20)30-27(32-31-26)22-14-13-17-12-11-16-6-5-15-28-23(16)24(17)29-22;1-2-8(10-12-4-6-15-10)14-9(3-1)11-13-5-7-16-11;2*1-2-3;2*2-1(3,4)5;/h1-15H;1-7H;2*1H3;2*(H,2,3,4,5);/q;;;;;;+2/p-2. The topological polar surface area (TPSA) is 335 Å². The molecule has 0 unspecified atom stereocenters. The van der Waals surface area contributed by atoms with Gasteiger partial charge in [0.2, 0.25) is 5.82 Å². The van der Waals surface area contributed by atoms with Gasteiger partial charge in [-0.25, -0.2) is 62.2 Å². The Morgan fingerprint density at radius 3 is 1.40 bits per heavy atom. The molecule has 65 heavy (non-hydrogen) atoms. The van der Waals surface area contributed by atoms with Crippen molar-refractivity contribution >= 4 is 77.1 Å². The van der Waals surface area contributed by atoms with E-state index in [4.69, 9.17) is 57.8 Å². The number of fused-ring (bicyclic) bond motifs is 9. The Hall–Kier alpha value is -6.24. The summed E-state index contributed by atoms with van der Waals surface area (Å²) in [4.78, 5) is 27.4. The molecule has 0 saturated carbocycles. The summed E-state index contributed by atoms with van der Waals surface area (Å²) in [6, 6.07) is 38.1. The number of benzene rings is 4. The number of nitriles is 2. The first-order chi connectivity index (χ1) is 30.6. The zero-order valence-electron chi connectivity index (χ0n) is 33.4. The normalized spacial score (nSPS) is 10.5. The number of nitrogens with zero attached hydrogens (tertiary/aromatic N) is 10. The molecule has 0 atom stereocenters. The first-order valence-corrected chi connectivity index (χ1v) is 22.1. The van der Waals surface area contributed by atoms with Gasteiger partial charge in [-0.2, -0.15) is 10.5 Å². The number of aromatic nitrogens is 8. The molecular formula is C42H28Cl2N10O8RuS2. The minimum atomic E-state index is -4.94. The van der Waals surface area contributed by atoms with Gasteiger partial charge in [0.15, 0.2) is 0 Å². The van der Waals surface area contributed by atoms with Crippen LogP contribution in [0.5, 0.6) is 0 Å². The van der Waals surface area contributed by atoms with Gasteiger partial charge in [0, 0.05) is 64.7 Å². The van der Waals surface area contributed by atoms with E-state index in [1.165, 1.54) is 13.8 Å². The van der Waals surface area contributed by atoms with E-state index in [-0.39, 0.29) is 19.5 Å².